The molecule has 0 aromatic heterocycles. The number of rotatable bonds is 3. The molecule has 4 heteroatoms. The standard InChI is InChI=1S/C6H10N2O2/c1-5(2-3-7)8-6(10)4-9/h5,9H,2,4H2,1H3,(H,8,10). The highest BCUT2D eigenvalue weighted by Gasteiger charge is 2.03. The number of nitrogens with zero attached hydrogens (tertiary/aromatic N) is 1. The minimum Gasteiger partial charge on any atom is -0.387 e. The van der Waals surface area contributed by atoms with Crippen LogP contribution < -0.4 is 5.32 Å². The number of hydrogen-bond donors (Lipinski definition) is 2. The topological polar surface area (TPSA) is 73.1 Å². The predicted octanol–water partition coefficient (Wildman–Crippen LogP) is -0.603. The molecule has 0 heterocycles. The number of nitrogens with one attached hydrogen (secondary N) is 1. The van der Waals surface area contributed by atoms with Crippen LogP contribution in [-0.2, 0) is 4.79 Å². The van der Waals surface area contributed by atoms with Gasteiger partial charge in [-0.1, -0.05) is 0 Å². The van der Waals surface area contributed by atoms with Crippen molar-refractivity contribution in [3.8, 4) is 6.07 Å². The maximum absolute atomic E-state index is 10.4. The third kappa shape index (κ3) is 3.87. The van der Waals surface area contributed by atoms with Crippen molar-refractivity contribution in [2.75, 3.05) is 6.61 Å². The van der Waals surface area contributed by atoms with E-state index in [0.717, 1.165) is 0 Å². The first-order valence-corrected chi connectivity index (χ1v) is 2.98. The Hall–Kier alpha value is -1.08. The van der Waals surface area contributed by atoms with E-state index in [1.807, 2.05) is 6.07 Å². The van der Waals surface area contributed by atoms with Gasteiger partial charge >= 0.3 is 0 Å². The first kappa shape index (κ1) is 8.92. The molecule has 2 N–H and O–H groups in total. The molecule has 1 unspecified atom stereocenters. The monoisotopic (exact) mass is 142 g/mol. The van der Waals surface area contributed by atoms with E-state index in [0.29, 0.717) is 0 Å². The normalized spacial score (nSPS) is 11.7. The molecule has 0 fully saturated rings. The molecule has 1 atom stereocenters. The summed E-state index contributed by atoms with van der Waals surface area (Å²) in [6.07, 6.45) is 0.270. The van der Waals surface area contributed by atoms with E-state index in [1.165, 1.54) is 0 Å². The zero-order valence-corrected chi connectivity index (χ0v) is 5.79. The summed E-state index contributed by atoms with van der Waals surface area (Å²) in [4.78, 5) is 10.4. The third-order valence-electron chi connectivity index (χ3n) is 0.948. The fraction of sp³-hybridized carbons (Fsp3) is 0.667. The maximum atomic E-state index is 10.4. The van der Waals surface area contributed by atoms with Gasteiger partial charge in [-0.3, -0.25) is 4.79 Å². The van der Waals surface area contributed by atoms with Gasteiger partial charge in [0.2, 0.25) is 5.91 Å². The first-order valence-electron chi connectivity index (χ1n) is 2.98. The van der Waals surface area contributed by atoms with E-state index in [-0.39, 0.29) is 12.5 Å². The first-order chi connectivity index (χ1) is 4.70. The zero-order valence-electron chi connectivity index (χ0n) is 5.79. The van der Waals surface area contributed by atoms with E-state index in [4.69, 9.17) is 10.4 Å². The number of carbonyl (C=O) groups is 1. The van der Waals surface area contributed by atoms with E-state index in [9.17, 15) is 4.79 Å². The molecule has 0 aliphatic rings. The molecule has 1 amide bonds. The Morgan fingerprint density at radius 3 is 2.90 bits per heavy atom. The molecule has 0 spiro atoms. The maximum Gasteiger partial charge on any atom is 0.245 e. The van der Waals surface area contributed by atoms with Gasteiger partial charge in [-0.2, -0.15) is 5.26 Å². The fourth-order valence-corrected chi connectivity index (χ4v) is 0.508. The smallest absolute Gasteiger partial charge is 0.245 e. The van der Waals surface area contributed by atoms with Crippen LogP contribution in [0.1, 0.15) is 13.3 Å². The van der Waals surface area contributed by atoms with Gasteiger partial charge in [0.15, 0.2) is 0 Å². The molecule has 0 radical (unpaired) electrons. The number of hydrogen-bond acceptors (Lipinski definition) is 3. The SMILES string of the molecule is CC(CC#N)NC(=O)CO. The van der Waals surface area contributed by atoms with Crippen LogP contribution in [0, 0.1) is 11.3 Å². The van der Waals surface area contributed by atoms with E-state index < -0.39 is 12.5 Å². The average molecular weight is 142 g/mol. The Kier molecular flexibility index (Phi) is 4.25. The van der Waals surface area contributed by atoms with E-state index in [1.54, 1.807) is 6.92 Å². The van der Waals surface area contributed by atoms with Crippen molar-refractivity contribution in [3.63, 3.8) is 0 Å². The van der Waals surface area contributed by atoms with Gasteiger partial charge in [-0.05, 0) is 6.92 Å². The Bertz CT molecular complexity index is 150. The van der Waals surface area contributed by atoms with E-state index in [2.05, 4.69) is 5.32 Å². The van der Waals surface area contributed by atoms with Crippen molar-refractivity contribution in [2.45, 2.75) is 19.4 Å². The molecule has 0 aromatic rings. The molecule has 10 heavy (non-hydrogen) atoms. The largest absolute Gasteiger partial charge is 0.387 e. The average Bonchev–Trinajstić information content (AvgIpc) is 1.88. The second-order valence-corrected chi connectivity index (χ2v) is 1.99. The van der Waals surface area contributed by atoms with Gasteiger partial charge in [0, 0.05) is 6.04 Å². The number of aliphatic hydroxyl groups excluding tert-OH is 1. The molecule has 0 saturated heterocycles. The van der Waals surface area contributed by atoms with Crippen LogP contribution in [-0.4, -0.2) is 23.7 Å². The van der Waals surface area contributed by atoms with Gasteiger partial charge in [0.1, 0.15) is 6.61 Å². The van der Waals surface area contributed by atoms with Crippen LogP contribution in [0.15, 0.2) is 0 Å². The summed E-state index contributed by atoms with van der Waals surface area (Å²) in [5.41, 5.74) is 0. The lowest BCUT2D eigenvalue weighted by atomic mass is 10.2. The molecule has 56 valence electrons. The summed E-state index contributed by atoms with van der Waals surface area (Å²) in [5, 5.41) is 18.8. The van der Waals surface area contributed by atoms with Crippen LogP contribution in [0.4, 0.5) is 0 Å². The molecule has 0 aliphatic heterocycles. The summed E-state index contributed by atoms with van der Waals surface area (Å²) in [7, 11) is 0. The van der Waals surface area contributed by atoms with Crippen molar-refractivity contribution in [1.82, 2.24) is 5.32 Å². The minimum atomic E-state index is -0.518. The second-order valence-electron chi connectivity index (χ2n) is 1.99. The van der Waals surface area contributed by atoms with Gasteiger partial charge in [-0.25, -0.2) is 0 Å². The summed E-state index contributed by atoms with van der Waals surface area (Å²) in [6.45, 7) is 1.19. The molecule has 0 saturated carbocycles. The van der Waals surface area contributed by atoms with Gasteiger partial charge in [-0.15, -0.1) is 0 Å². The van der Waals surface area contributed by atoms with Crippen molar-refractivity contribution in [3.05, 3.63) is 0 Å². The third-order valence-corrected chi connectivity index (χ3v) is 0.948. The lowest BCUT2D eigenvalue weighted by molar-refractivity contribution is -0.124. The van der Waals surface area contributed by atoms with Crippen LogP contribution >= 0.6 is 0 Å². The van der Waals surface area contributed by atoms with Crippen LogP contribution in [0.5, 0.6) is 0 Å². The Morgan fingerprint density at radius 1 is 1.90 bits per heavy atom. The number of amides is 1. The number of carbonyl (C=O) groups excluding carboxylic acids is 1. The lowest BCUT2D eigenvalue weighted by Crippen LogP contribution is -2.34. The molecule has 0 aromatic carbocycles. The molecular weight excluding hydrogens is 132 g/mol. The van der Waals surface area contributed by atoms with Crippen molar-refractivity contribution in [1.29, 1.82) is 5.26 Å². The Labute approximate surface area is 59.5 Å². The van der Waals surface area contributed by atoms with Crippen LogP contribution in [0.3, 0.4) is 0 Å². The predicted molar refractivity (Wildman–Crippen MR) is 34.9 cm³/mol. The van der Waals surface area contributed by atoms with Gasteiger partial charge in [0.05, 0.1) is 12.5 Å². The zero-order chi connectivity index (χ0) is 7.98. The molecule has 4 nitrogen and oxygen atoms in total. The molecular formula is C6H10N2O2. The summed E-state index contributed by atoms with van der Waals surface area (Å²) < 4.78 is 0. The summed E-state index contributed by atoms with van der Waals surface area (Å²) in [6, 6.07) is 1.72. The quantitative estimate of drug-likeness (QED) is 0.552. The highest BCUT2D eigenvalue weighted by Crippen LogP contribution is 1.86. The number of aliphatic hydroxyl groups is 1. The number of nitriles is 1. The van der Waals surface area contributed by atoms with Crippen LogP contribution in [0.25, 0.3) is 0 Å². The van der Waals surface area contributed by atoms with Gasteiger partial charge < -0.3 is 10.4 Å². The van der Waals surface area contributed by atoms with Crippen molar-refractivity contribution in [2.24, 2.45) is 0 Å². The Balaban J connectivity index is 3.49. The minimum absolute atomic E-state index is 0.176. The van der Waals surface area contributed by atoms with Crippen LogP contribution in [0.2, 0.25) is 0 Å². The Morgan fingerprint density at radius 2 is 2.50 bits per heavy atom. The van der Waals surface area contributed by atoms with Crippen molar-refractivity contribution < 1.29 is 9.90 Å². The van der Waals surface area contributed by atoms with Crippen molar-refractivity contribution >= 4 is 5.91 Å². The molecule has 0 aliphatic carbocycles. The lowest BCUT2D eigenvalue weighted by Gasteiger charge is -2.07. The second kappa shape index (κ2) is 4.77. The molecule has 0 bridgehead atoms. The highest BCUT2D eigenvalue weighted by atomic mass is 16.3. The van der Waals surface area contributed by atoms with E-state index >= 15 is 0 Å². The molecule has 0 rings (SSSR count). The fourth-order valence-electron chi connectivity index (χ4n) is 0.508. The highest BCUT2D eigenvalue weighted by molar-refractivity contribution is 5.77. The van der Waals surface area contributed by atoms with Gasteiger partial charge in [0.25, 0.3) is 0 Å². The summed E-state index contributed by atoms with van der Waals surface area (Å²) in [5.74, 6) is -0.442. The summed E-state index contributed by atoms with van der Waals surface area (Å²) >= 11 is 0.